The van der Waals surface area contributed by atoms with E-state index in [0.29, 0.717) is 12.6 Å². The molecule has 134 valence electrons. The average Bonchev–Trinajstić information content (AvgIpc) is 3.10. The number of likely N-dealkylation sites (tertiary alicyclic amines) is 1. The number of carbonyl (C=O) groups is 1. The Kier molecular flexibility index (Phi) is 6.62. The molecule has 5 heteroatoms. The lowest BCUT2D eigenvalue weighted by atomic mass is 10.0. The molecule has 3 N–H and O–H groups in total. The molecule has 2 heterocycles. The van der Waals surface area contributed by atoms with Crippen LogP contribution in [-0.4, -0.2) is 38.6 Å². The van der Waals surface area contributed by atoms with E-state index in [0.717, 1.165) is 39.0 Å². The van der Waals surface area contributed by atoms with Gasteiger partial charge in [0, 0.05) is 30.0 Å². The van der Waals surface area contributed by atoms with Crippen molar-refractivity contribution >= 4 is 17.2 Å². The van der Waals surface area contributed by atoms with Gasteiger partial charge in [-0.25, -0.2) is 0 Å². The van der Waals surface area contributed by atoms with E-state index in [2.05, 4.69) is 59.5 Å². The number of benzene rings is 1. The first-order chi connectivity index (χ1) is 12.2. The first-order valence-corrected chi connectivity index (χ1v) is 10.1. The third-order valence-electron chi connectivity index (χ3n) is 4.90. The molecule has 1 aliphatic heterocycles. The zero-order valence-electron chi connectivity index (χ0n) is 15.0. The molecular weight excluding hydrogens is 330 g/mol. The fourth-order valence-corrected chi connectivity index (χ4v) is 4.26. The molecule has 25 heavy (non-hydrogen) atoms. The van der Waals surface area contributed by atoms with E-state index < -0.39 is 0 Å². The quantitative estimate of drug-likeness (QED) is 0.646. The predicted molar refractivity (Wildman–Crippen MR) is 102 cm³/mol. The van der Waals surface area contributed by atoms with Crippen LogP contribution < -0.4 is 15.1 Å². The second-order valence-corrected chi connectivity index (χ2v) is 7.98. The van der Waals surface area contributed by atoms with Crippen molar-refractivity contribution in [1.82, 2.24) is 5.32 Å². The Hall–Kier alpha value is -1.69. The lowest BCUT2D eigenvalue weighted by Crippen LogP contribution is -3.12. The molecule has 4 nitrogen and oxygen atoms in total. The molecule has 2 aromatic rings. The maximum absolute atomic E-state index is 12.3. The number of hydrogen-bond acceptors (Lipinski definition) is 2. The smallest absolute Gasteiger partial charge is 0.275 e. The second kappa shape index (κ2) is 9.13. The third-order valence-corrected chi connectivity index (χ3v) is 5.64. The van der Waals surface area contributed by atoms with Gasteiger partial charge in [-0.05, 0) is 16.8 Å². The summed E-state index contributed by atoms with van der Waals surface area (Å²) in [6.07, 6.45) is 2.16. The SMILES string of the molecule is C[NH+](CC(=O)NC1CC[NH+](Cc2ccccc2)CC1)Cc1ccsc1. The molecular formula is C20H29N3OS+2. The van der Waals surface area contributed by atoms with Crippen LogP contribution in [0.5, 0.6) is 0 Å². The van der Waals surface area contributed by atoms with Crippen molar-refractivity contribution in [3.8, 4) is 0 Å². The molecule has 1 unspecified atom stereocenters. The molecule has 1 atom stereocenters. The highest BCUT2D eigenvalue weighted by molar-refractivity contribution is 7.07. The van der Waals surface area contributed by atoms with Crippen LogP contribution in [0.4, 0.5) is 0 Å². The molecule has 1 amide bonds. The van der Waals surface area contributed by atoms with Crippen LogP contribution in [0, 0.1) is 0 Å². The maximum atomic E-state index is 12.3. The van der Waals surface area contributed by atoms with Crippen LogP contribution in [0.25, 0.3) is 0 Å². The Morgan fingerprint density at radius 1 is 1.20 bits per heavy atom. The van der Waals surface area contributed by atoms with Crippen LogP contribution in [0.2, 0.25) is 0 Å². The third kappa shape index (κ3) is 5.96. The normalized spacial score (nSPS) is 21.6. The fraction of sp³-hybridized carbons (Fsp3) is 0.450. The van der Waals surface area contributed by atoms with Gasteiger partial charge in [0.05, 0.1) is 20.1 Å². The highest BCUT2D eigenvalue weighted by atomic mass is 32.1. The summed E-state index contributed by atoms with van der Waals surface area (Å²) in [5.41, 5.74) is 2.71. The van der Waals surface area contributed by atoms with Crippen molar-refractivity contribution in [1.29, 1.82) is 0 Å². The fourth-order valence-electron chi connectivity index (χ4n) is 3.59. The van der Waals surface area contributed by atoms with Crippen LogP contribution >= 0.6 is 11.3 Å². The van der Waals surface area contributed by atoms with Gasteiger partial charge < -0.3 is 15.1 Å². The van der Waals surface area contributed by atoms with Gasteiger partial charge in [0.25, 0.3) is 5.91 Å². The van der Waals surface area contributed by atoms with Crippen LogP contribution in [0.1, 0.15) is 24.0 Å². The molecule has 0 saturated carbocycles. The van der Waals surface area contributed by atoms with E-state index in [1.807, 2.05) is 0 Å². The van der Waals surface area contributed by atoms with Crippen molar-refractivity contribution in [2.24, 2.45) is 0 Å². The number of quaternary nitrogens is 2. The molecule has 1 saturated heterocycles. The molecule has 0 radical (unpaired) electrons. The zero-order valence-corrected chi connectivity index (χ0v) is 15.8. The Bertz CT molecular complexity index is 636. The summed E-state index contributed by atoms with van der Waals surface area (Å²) < 4.78 is 0. The number of hydrogen-bond donors (Lipinski definition) is 3. The summed E-state index contributed by atoms with van der Waals surface area (Å²) in [7, 11) is 2.09. The molecule has 3 rings (SSSR count). The summed E-state index contributed by atoms with van der Waals surface area (Å²) in [4.78, 5) is 15.1. The van der Waals surface area contributed by atoms with Gasteiger partial charge in [-0.3, -0.25) is 4.79 Å². The van der Waals surface area contributed by atoms with Crippen molar-refractivity contribution < 1.29 is 14.6 Å². The molecule has 0 aliphatic carbocycles. The van der Waals surface area contributed by atoms with Crippen molar-refractivity contribution in [3.63, 3.8) is 0 Å². The predicted octanol–water partition coefficient (Wildman–Crippen LogP) is 0.127. The molecule has 1 aromatic carbocycles. The highest BCUT2D eigenvalue weighted by Crippen LogP contribution is 2.04. The number of rotatable bonds is 7. The Balaban J connectivity index is 1.36. The van der Waals surface area contributed by atoms with Gasteiger partial charge in [-0.1, -0.05) is 30.3 Å². The van der Waals surface area contributed by atoms with Gasteiger partial charge >= 0.3 is 0 Å². The summed E-state index contributed by atoms with van der Waals surface area (Å²) in [6.45, 7) is 4.83. The highest BCUT2D eigenvalue weighted by Gasteiger charge is 2.24. The van der Waals surface area contributed by atoms with Gasteiger partial charge in [-0.15, -0.1) is 0 Å². The number of likely N-dealkylation sites (N-methyl/N-ethyl adjacent to an activating group) is 1. The van der Waals surface area contributed by atoms with Crippen molar-refractivity contribution in [2.75, 3.05) is 26.7 Å². The minimum atomic E-state index is 0.184. The lowest BCUT2D eigenvalue weighted by molar-refractivity contribution is -0.918. The first kappa shape index (κ1) is 18.1. The Morgan fingerprint density at radius 2 is 1.96 bits per heavy atom. The molecule has 1 aromatic heterocycles. The van der Waals surface area contributed by atoms with E-state index in [9.17, 15) is 4.79 Å². The van der Waals surface area contributed by atoms with Crippen molar-refractivity contribution in [3.05, 3.63) is 58.3 Å². The van der Waals surface area contributed by atoms with E-state index in [1.54, 1.807) is 16.2 Å². The zero-order chi connectivity index (χ0) is 17.5. The van der Waals surface area contributed by atoms with E-state index in [4.69, 9.17) is 0 Å². The van der Waals surface area contributed by atoms with Crippen molar-refractivity contribution in [2.45, 2.75) is 32.0 Å². The summed E-state index contributed by atoms with van der Waals surface area (Å²) in [6, 6.07) is 13.2. The topological polar surface area (TPSA) is 38.0 Å². The minimum absolute atomic E-state index is 0.184. The number of piperidine rings is 1. The Morgan fingerprint density at radius 3 is 2.64 bits per heavy atom. The van der Waals surface area contributed by atoms with Gasteiger partial charge in [0.1, 0.15) is 13.1 Å². The monoisotopic (exact) mass is 359 g/mol. The molecule has 1 fully saturated rings. The number of amides is 1. The number of nitrogens with one attached hydrogen (secondary N) is 3. The van der Waals surface area contributed by atoms with E-state index in [-0.39, 0.29) is 5.91 Å². The molecule has 0 spiro atoms. The minimum Gasteiger partial charge on any atom is -0.348 e. The Labute approximate surface area is 154 Å². The standard InChI is InChI=1S/C20H27N3OS/c1-22(13-18-9-12-25-16-18)15-20(24)21-19-7-10-23(11-8-19)14-17-5-3-2-4-6-17/h2-6,9,12,16,19H,7-8,10-11,13-15H2,1H3,(H,21,24)/p+2. The lowest BCUT2D eigenvalue weighted by Gasteiger charge is -2.30. The van der Waals surface area contributed by atoms with Gasteiger partial charge in [0.2, 0.25) is 0 Å². The van der Waals surface area contributed by atoms with Crippen LogP contribution in [0.15, 0.2) is 47.2 Å². The van der Waals surface area contributed by atoms with Gasteiger partial charge in [-0.2, -0.15) is 11.3 Å². The van der Waals surface area contributed by atoms with Gasteiger partial charge in [0.15, 0.2) is 6.54 Å². The molecule has 0 bridgehead atoms. The van der Waals surface area contributed by atoms with E-state index in [1.165, 1.54) is 16.0 Å². The summed E-state index contributed by atoms with van der Waals surface area (Å²) >= 11 is 1.71. The summed E-state index contributed by atoms with van der Waals surface area (Å²) in [5.74, 6) is 0.184. The van der Waals surface area contributed by atoms with Crippen LogP contribution in [-0.2, 0) is 17.9 Å². The summed E-state index contributed by atoms with van der Waals surface area (Å²) in [5, 5.41) is 7.49. The first-order valence-electron chi connectivity index (χ1n) is 9.18. The number of carbonyl (C=O) groups excluding carboxylic acids is 1. The van der Waals surface area contributed by atoms with Crippen LogP contribution in [0.3, 0.4) is 0 Å². The largest absolute Gasteiger partial charge is 0.348 e. The molecule has 1 aliphatic rings. The second-order valence-electron chi connectivity index (χ2n) is 7.20. The average molecular weight is 360 g/mol. The number of thiophene rings is 1. The van der Waals surface area contributed by atoms with E-state index >= 15 is 0 Å². The maximum Gasteiger partial charge on any atom is 0.275 e.